The van der Waals surface area contributed by atoms with Gasteiger partial charge >= 0.3 is 0 Å². The number of H-pyrrole nitrogens is 1. The van der Waals surface area contributed by atoms with Gasteiger partial charge in [-0.1, -0.05) is 12.1 Å². The lowest BCUT2D eigenvalue weighted by atomic mass is 10.3. The zero-order chi connectivity index (χ0) is 20.8. The van der Waals surface area contributed by atoms with Crippen molar-refractivity contribution in [2.45, 2.75) is 25.9 Å². The minimum Gasteiger partial charge on any atom is -0.345 e. The Morgan fingerprint density at radius 3 is 2.90 bits per heavy atom. The number of nitrogens with zero attached hydrogens (tertiary/aromatic N) is 3. The third kappa shape index (κ3) is 5.05. The maximum atomic E-state index is 13.6. The molecule has 0 aliphatic carbocycles. The van der Waals surface area contributed by atoms with Gasteiger partial charge in [0, 0.05) is 24.5 Å². The van der Waals surface area contributed by atoms with Crippen LogP contribution in [0.3, 0.4) is 0 Å². The molecule has 0 spiro atoms. The lowest BCUT2D eigenvalue weighted by molar-refractivity contribution is 0.0945. The van der Waals surface area contributed by atoms with E-state index in [0.29, 0.717) is 12.2 Å². The number of carbonyl (C=O) groups excluding carboxylic acids is 1. The van der Waals surface area contributed by atoms with E-state index in [-0.39, 0.29) is 18.1 Å². The number of aromatic nitrogens is 4. The molecule has 0 aliphatic heterocycles. The van der Waals surface area contributed by atoms with E-state index in [1.54, 1.807) is 5.38 Å². The van der Waals surface area contributed by atoms with E-state index in [1.807, 2.05) is 24.3 Å². The van der Waals surface area contributed by atoms with E-state index in [0.717, 1.165) is 41.3 Å². The highest BCUT2D eigenvalue weighted by Gasteiger charge is 2.12. The fraction of sp³-hybridized carbons (Fsp3) is 0.238. The van der Waals surface area contributed by atoms with E-state index in [1.165, 1.54) is 29.7 Å². The Labute approximate surface area is 176 Å². The molecule has 1 amide bonds. The number of hydrogen-bond donors (Lipinski definition) is 3. The Kier molecular flexibility index (Phi) is 6.41. The molecular weight excluding hydrogens is 403 g/mol. The molecule has 3 N–H and O–H groups in total. The van der Waals surface area contributed by atoms with Crippen LogP contribution in [0.25, 0.3) is 11.0 Å². The van der Waals surface area contributed by atoms with Gasteiger partial charge in [0.2, 0.25) is 0 Å². The van der Waals surface area contributed by atoms with E-state index < -0.39 is 5.82 Å². The summed E-state index contributed by atoms with van der Waals surface area (Å²) in [6.07, 6.45) is 3.29. The molecule has 0 atom stereocenters. The summed E-state index contributed by atoms with van der Waals surface area (Å²) >= 11 is 1.42. The number of thiazole rings is 1. The molecule has 0 bridgehead atoms. The quantitative estimate of drug-likeness (QED) is 0.359. The van der Waals surface area contributed by atoms with Crippen LogP contribution in [0.2, 0.25) is 0 Å². The smallest absolute Gasteiger partial charge is 0.271 e. The van der Waals surface area contributed by atoms with Crippen LogP contribution in [-0.2, 0) is 19.5 Å². The van der Waals surface area contributed by atoms with Crippen LogP contribution < -0.4 is 10.6 Å². The van der Waals surface area contributed by atoms with Gasteiger partial charge in [-0.2, -0.15) is 0 Å². The van der Waals surface area contributed by atoms with Crippen LogP contribution in [0.15, 0.2) is 48.0 Å². The van der Waals surface area contributed by atoms with Gasteiger partial charge in [-0.15, -0.1) is 11.3 Å². The summed E-state index contributed by atoms with van der Waals surface area (Å²) < 4.78 is 13.6. The maximum absolute atomic E-state index is 13.6. The molecule has 0 unspecified atom stereocenters. The standard InChI is InChI=1S/C21H21FN6OS/c22-14-5-3-10-24-17(14)11-25-21(29)18-13-30-20(28-18)12-23-9-4-8-19-26-15-6-1-2-7-16(15)27-19/h1-3,5-7,10,13,23H,4,8-9,11-12H2,(H,25,29)(H,26,27). The number of aromatic amines is 1. The average molecular weight is 425 g/mol. The van der Waals surface area contributed by atoms with Crippen molar-refractivity contribution in [3.05, 3.63) is 76.0 Å². The predicted molar refractivity (Wildman–Crippen MR) is 114 cm³/mol. The molecule has 0 saturated carbocycles. The van der Waals surface area contributed by atoms with Crippen LogP contribution in [-0.4, -0.2) is 32.4 Å². The van der Waals surface area contributed by atoms with Gasteiger partial charge in [-0.3, -0.25) is 9.78 Å². The van der Waals surface area contributed by atoms with Gasteiger partial charge in [0.25, 0.3) is 5.91 Å². The van der Waals surface area contributed by atoms with Crippen molar-refractivity contribution in [3.63, 3.8) is 0 Å². The number of halogens is 1. The van der Waals surface area contributed by atoms with Gasteiger partial charge in [-0.25, -0.2) is 14.4 Å². The molecule has 7 nitrogen and oxygen atoms in total. The first-order valence-corrected chi connectivity index (χ1v) is 10.5. The van der Waals surface area contributed by atoms with Crippen LogP contribution >= 0.6 is 11.3 Å². The average Bonchev–Trinajstić information content (AvgIpc) is 3.39. The van der Waals surface area contributed by atoms with Gasteiger partial charge in [0.15, 0.2) is 0 Å². The molecule has 4 rings (SSSR count). The first-order valence-electron chi connectivity index (χ1n) is 9.65. The molecule has 4 aromatic rings. The third-order valence-electron chi connectivity index (χ3n) is 4.52. The van der Waals surface area contributed by atoms with Crippen LogP contribution in [0.1, 0.15) is 33.4 Å². The first-order chi connectivity index (χ1) is 14.7. The van der Waals surface area contributed by atoms with Crippen molar-refractivity contribution in [3.8, 4) is 0 Å². The fourth-order valence-corrected chi connectivity index (χ4v) is 3.74. The minimum atomic E-state index is -0.441. The Hall–Kier alpha value is -3.17. The van der Waals surface area contributed by atoms with Crippen molar-refractivity contribution < 1.29 is 9.18 Å². The van der Waals surface area contributed by atoms with Gasteiger partial charge in [0.1, 0.15) is 22.3 Å². The monoisotopic (exact) mass is 424 g/mol. The molecule has 0 saturated heterocycles. The number of rotatable bonds is 9. The molecule has 3 heterocycles. The molecule has 1 aromatic carbocycles. The second-order valence-electron chi connectivity index (χ2n) is 6.72. The molecule has 3 aromatic heterocycles. The second kappa shape index (κ2) is 9.55. The topological polar surface area (TPSA) is 95.6 Å². The number of fused-ring (bicyclic) bond motifs is 1. The number of para-hydroxylation sites is 2. The van der Waals surface area contributed by atoms with Gasteiger partial charge < -0.3 is 15.6 Å². The Morgan fingerprint density at radius 2 is 2.03 bits per heavy atom. The number of carbonyl (C=O) groups is 1. The molecule has 30 heavy (non-hydrogen) atoms. The van der Waals surface area contributed by atoms with Crippen molar-refractivity contribution in [2.24, 2.45) is 0 Å². The Balaban J connectivity index is 1.19. The number of nitrogens with one attached hydrogen (secondary N) is 3. The minimum absolute atomic E-state index is 0.0262. The van der Waals surface area contributed by atoms with Gasteiger partial charge in [-0.05, 0) is 37.2 Å². The lowest BCUT2D eigenvalue weighted by Crippen LogP contribution is -2.24. The molecular formula is C21H21FN6OS. The Morgan fingerprint density at radius 1 is 1.13 bits per heavy atom. The van der Waals surface area contributed by atoms with Crippen molar-refractivity contribution in [1.29, 1.82) is 0 Å². The largest absolute Gasteiger partial charge is 0.345 e. The summed E-state index contributed by atoms with van der Waals surface area (Å²) in [4.78, 5) is 28.4. The lowest BCUT2D eigenvalue weighted by Gasteiger charge is -2.03. The first kappa shape index (κ1) is 20.1. The number of imidazole rings is 1. The summed E-state index contributed by atoms with van der Waals surface area (Å²) in [6.45, 7) is 1.43. The van der Waals surface area contributed by atoms with E-state index in [9.17, 15) is 9.18 Å². The summed E-state index contributed by atoms with van der Waals surface area (Å²) in [5, 5.41) is 8.52. The molecule has 0 aliphatic rings. The summed E-state index contributed by atoms with van der Waals surface area (Å²) in [6, 6.07) is 10.8. The Bertz CT molecular complexity index is 1110. The number of amides is 1. The molecule has 0 radical (unpaired) electrons. The summed E-state index contributed by atoms with van der Waals surface area (Å²) in [7, 11) is 0. The van der Waals surface area contributed by atoms with Crippen LogP contribution in [0.4, 0.5) is 4.39 Å². The molecule has 0 fully saturated rings. The maximum Gasteiger partial charge on any atom is 0.271 e. The number of pyridine rings is 1. The highest BCUT2D eigenvalue weighted by atomic mass is 32.1. The SMILES string of the molecule is O=C(NCc1ncccc1F)c1csc(CNCCCc2nc3ccccc3[nH]2)n1. The van der Waals surface area contributed by atoms with Crippen molar-refractivity contribution >= 4 is 28.3 Å². The number of benzene rings is 1. The van der Waals surface area contributed by atoms with Gasteiger partial charge in [0.05, 0.1) is 23.3 Å². The van der Waals surface area contributed by atoms with E-state index in [4.69, 9.17) is 0 Å². The normalized spacial score (nSPS) is 11.1. The predicted octanol–water partition coefficient (Wildman–Crippen LogP) is 3.21. The van der Waals surface area contributed by atoms with Crippen LogP contribution in [0, 0.1) is 5.82 Å². The summed E-state index contributed by atoms with van der Waals surface area (Å²) in [5.41, 5.74) is 2.57. The van der Waals surface area contributed by atoms with Crippen molar-refractivity contribution in [1.82, 2.24) is 30.6 Å². The molecule has 154 valence electrons. The fourth-order valence-electron chi connectivity index (χ4n) is 3.00. The highest BCUT2D eigenvalue weighted by molar-refractivity contribution is 7.09. The third-order valence-corrected chi connectivity index (χ3v) is 5.37. The van der Waals surface area contributed by atoms with E-state index >= 15 is 0 Å². The summed E-state index contributed by atoms with van der Waals surface area (Å²) in [5.74, 6) is 0.201. The van der Waals surface area contributed by atoms with E-state index in [2.05, 4.69) is 30.6 Å². The molecule has 9 heteroatoms. The van der Waals surface area contributed by atoms with Crippen molar-refractivity contribution in [2.75, 3.05) is 6.54 Å². The number of hydrogen-bond acceptors (Lipinski definition) is 6. The number of aryl methyl sites for hydroxylation is 1. The highest BCUT2D eigenvalue weighted by Crippen LogP contribution is 2.12. The zero-order valence-electron chi connectivity index (χ0n) is 16.2. The second-order valence-corrected chi connectivity index (χ2v) is 7.66. The zero-order valence-corrected chi connectivity index (χ0v) is 17.0. The van der Waals surface area contributed by atoms with Crippen LogP contribution in [0.5, 0.6) is 0 Å².